The minimum atomic E-state index is -0.256. The first-order valence-electron chi connectivity index (χ1n) is 4.97. The van der Waals surface area contributed by atoms with E-state index in [0.717, 1.165) is 25.7 Å². The Kier molecular flexibility index (Phi) is 3.88. The van der Waals surface area contributed by atoms with Gasteiger partial charge in [0.05, 0.1) is 0 Å². The molecule has 0 amide bonds. The second-order valence-electron chi connectivity index (χ2n) is 3.90. The van der Waals surface area contributed by atoms with Crippen LogP contribution < -0.4 is 5.73 Å². The maximum atomic E-state index is 11.7. The summed E-state index contributed by atoms with van der Waals surface area (Å²) in [5.74, 6) is 0.192. The maximum absolute atomic E-state index is 11.7. The quantitative estimate of drug-likeness (QED) is 0.714. The van der Waals surface area contributed by atoms with Gasteiger partial charge in [0, 0.05) is 19.1 Å². The summed E-state index contributed by atoms with van der Waals surface area (Å²) < 4.78 is 4.88. The number of ketones is 1. The van der Waals surface area contributed by atoms with Crippen LogP contribution in [0.3, 0.4) is 0 Å². The molecule has 76 valence electrons. The Labute approximate surface area is 79.6 Å². The van der Waals surface area contributed by atoms with Crippen LogP contribution in [0.15, 0.2) is 0 Å². The van der Waals surface area contributed by atoms with E-state index in [0.29, 0.717) is 6.54 Å². The van der Waals surface area contributed by atoms with Gasteiger partial charge in [-0.15, -0.1) is 0 Å². The van der Waals surface area contributed by atoms with Gasteiger partial charge in [-0.2, -0.15) is 0 Å². The fraction of sp³-hybridized carbons (Fsp3) is 0.900. The summed E-state index contributed by atoms with van der Waals surface area (Å²) >= 11 is 0. The molecule has 1 aliphatic carbocycles. The molecule has 0 aromatic carbocycles. The standard InChI is InChI=1S/C10H19NO2/c1-13-7-9(12)10(8-11)5-3-2-4-6-10/h2-8,11H2,1H3. The average Bonchev–Trinajstić information content (AvgIpc) is 2.19. The minimum absolute atomic E-state index is 0.192. The smallest absolute Gasteiger partial charge is 0.165 e. The summed E-state index contributed by atoms with van der Waals surface area (Å²) in [6.45, 7) is 0.701. The minimum Gasteiger partial charge on any atom is -0.377 e. The third kappa shape index (κ3) is 2.29. The van der Waals surface area contributed by atoms with Crippen LogP contribution in [0.5, 0.6) is 0 Å². The first-order chi connectivity index (χ1) is 6.25. The number of nitrogens with two attached hydrogens (primary N) is 1. The second kappa shape index (κ2) is 4.72. The number of Topliss-reactive ketones (excluding diaryl/α,β-unsaturated/α-hetero) is 1. The number of ether oxygens (including phenoxy) is 1. The Balaban J connectivity index is 2.61. The maximum Gasteiger partial charge on any atom is 0.165 e. The molecule has 3 heteroatoms. The van der Waals surface area contributed by atoms with E-state index in [1.54, 1.807) is 7.11 Å². The van der Waals surface area contributed by atoms with E-state index in [4.69, 9.17) is 10.5 Å². The van der Waals surface area contributed by atoms with E-state index in [2.05, 4.69) is 0 Å². The lowest BCUT2D eigenvalue weighted by atomic mass is 9.71. The lowest BCUT2D eigenvalue weighted by molar-refractivity contribution is -0.133. The predicted molar refractivity (Wildman–Crippen MR) is 51.5 cm³/mol. The highest BCUT2D eigenvalue weighted by Crippen LogP contribution is 2.36. The molecule has 0 spiro atoms. The SMILES string of the molecule is COCC(=O)C1(CN)CCCCC1. The van der Waals surface area contributed by atoms with E-state index in [1.807, 2.05) is 0 Å². The highest BCUT2D eigenvalue weighted by Gasteiger charge is 2.37. The lowest BCUT2D eigenvalue weighted by Crippen LogP contribution is -2.42. The molecule has 0 aromatic heterocycles. The van der Waals surface area contributed by atoms with E-state index in [-0.39, 0.29) is 17.8 Å². The molecule has 2 N–H and O–H groups in total. The summed E-state index contributed by atoms with van der Waals surface area (Å²) in [6.07, 6.45) is 5.40. The summed E-state index contributed by atoms with van der Waals surface area (Å²) in [6, 6.07) is 0. The summed E-state index contributed by atoms with van der Waals surface area (Å²) in [5.41, 5.74) is 5.44. The van der Waals surface area contributed by atoms with Crippen LogP contribution in [0.1, 0.15) is 32.1 Å². The number of carbonyl (C=O) groups excluding carboxylic acids is 1. The summed E-state index contributed by atoms with van der Waals surface area (Å²) in [7, 11) is 1.56. The Bertz CT molecular complexity index is 174. The van der Waals surface area contributed by atoms with Crippen LogP contribution in [0.2, 0.25) is 0 Å². The van der Waals surface area contributed by atoms with Gasteiger partial charge in [-0.05, 0) is 12.8 Å². The molecule has 1 fully saturated rings. The molecule has 0 unspecified atom stereocenters. The van der Waals surface area contributed by atoms with Gasteiger partial charge in [0.25, 0.3) is 0 Å². The topological polar surface area (TPSA) is 52.3 Å². The molecule has 1 aliphatic rings. The van der Waals surface area contributed by atoms with Gasteiger partial charge in [0.15, 0.2) is 5.78 Å². The highest BCUT2D eigenvalue weighted by atomic mass is 16.5. The van der Waals surface area contributed by atoms with Crippen molar-refractivity contribution in [2.24, 2.45) is 11.1 Å². The Morgan fingerprint density at radius 2 is 2.00 bits per heavy atom. The molecule has 0 heterocycles. The molecule has 0 aromatic rings. The largest absolute Gasteiger partial charge is 0.377 e. The molecule has 0 radical (unpaired) electrons. The van der Waals surface area contributed by atoms with E-state index in [9.17, 15) is 4.79 Å². The van der Waals surface area contributed by atoms with Crippen molar-refractivity contribution in [1.29, 1.82) is 0 Å². The van der Waals surface area contributed by atoms with Gasteiger partial charge in [0.2, 0.25) is 0 Å². The molecule has 13 heavy (non-hydrogen) atoms. The van der Waals surface area contributed by atoms with Crippen LogP contribution in [0, 0.1) is 5.41 Å². The molecule has 3 nitrogen and oxygen atoms in total. The predicted octanol–water partition coefficient (Wildman–Crippen LogP) is 1.11. The lowest BCUT2D eigenvalue weighted by Gasteiger charge is -2.34. The van der Waals surface area contributed by atoms with Gasteiger partial charge in [-0.3, -0.25) is 4.79 Å². The molecule has 1 rings (SSSR count). The van der Waals surface area contributed by atoms with Crippen LogP contribution in [0.25, 0.3) is 0 Å². The van der Waals surface area contributed by atoms with Gasteiger partial charge in [0.1, 0.15) is 6.61 Å². The van der Waals surface area contributed by atoms with Crippen molar-refractivity contribution in [2.45, 2.75) is 32.1 Å². The second-order valence-corrected chi connectivity index (χ2v) is 3.90. The zero-order valence-corrected chi connectivity index (χ0v) is 8.34. The third-order valence-electron chi connectivity index (χ3n) is 3.07. The van der Waals surface area contributed by atoms with E-state index in [1.165, 1.54) is 6.42 Å². The Morgan fingerprint density at radius 3 is 2.46 bits per heavy atom. The van der Waals surface area contributed by atoms with Gasteiger partial charge in [-0.25, -0.2) is 0 Å². The molecule has 0 bridgehead atoms. The normalized spacial score (nSPS) is 21.4. The van der Waals surface area contributed by atoms with Crippen molar-refractivity contribution in [3.63, 3.8) is 0 Å². The number of carbonyl (C=O) groups is 1. The fourth-order valence-corrected chi connectivity index (χ4v) is 2.11. The van der Waals surface area contributed by atoms with Crippen molar-refractivity contribution in [2.75, 3.05) is 20.3 Å². The third-order valence-corrected chi connectivity index (χ3v) is 3.07. The van der Waals surface area contributed by atoms with Crippen LogP contribution >= 0.6 is 0 Å². The van der Waals surface area contributed by atoms with Crippen LogP contribution in [-0.2, 0) is 9.53 Å². The van der Waals surface area contributed by atoms with Gasteiger partial charge in [-0.1, -0.05) is 19.3 Å². The summed E-state index contributed by atoms with van der Waals surface area (Å²) in [5, 5.41) is 0. The zero-order chi connectivity index (χ0) is 9.73. The van der Waals surface area contributed by atoms with Crippen molar-refractivity contribution in [3.8, 4) is 0 Å². The van der Waals surface area contributed by atoms with E-state index >= 15 is 0 Å². The number of rotatable bonds is 4. The summed E-state index contributed by atoms with van der Waals surface area (Å²) in [4.78, 5) is 11.7. The number of hydrogen-bond acceptors (Lipinski definition) is 3. The molecular weight excluding hydrogens is 166 g/mol. The first-order valence-corrected chi connectivity index (χ1v) is 4.97. The molecular formula is C10H19NO2. The molecule has 0 saturated heterocycles. The monoisotopic (exact) mass is 185 g/mol. The fourth-order valence-electron chi connectivity index (χ4n) is 2.11. The van der Waals surface area contributed by atoms with Crippen LogP contribution in [0.4, 0.5) is 0 Å². The molecule has 0 atom stereocenters. The van der Waals surface area contributed by atoms with Crippen molar-refractivity contribution >= 4 is 5.78 Å². The van der Waals surface area contributed by atoms with Crippen molar-refractivity contribution in [3.05, 3.63) is 0 Å². The first kappa shape index (κ1) is 10.7. The van der Waals surface area contributed by atoms with Crippen LogP contribution in [-0.4, -0.2) is 26.0 Å². The average molecular weight is 185 g/mol. The molecule has 0 aliphatic heterocycles. The highest BCUT2D eigenvalue weighted by molar-refractivity contribution is 5.86. The van der Waals surface area contributed by atoms with Crippen molar-refractivity contribution in [1.82, 2.24) is 0 Å². The van der Waals surface area contributed by atoms with Gasteiger partial charge >= 0.3 is 0 Å². The van der Waals surface area contributed by atoms with Crippen molar-refractivity contribution < 1.29 is 9.53 Å². The molecule has 1 saturated carbocycles. The number of methoxy groups -OCH3 is 1. The van der Waals surface area contributed by atoms with E-state index < -0.39 is 0 Å². The van der Waals surface area contributed by atoms with Gasteiger partial charge < -0.3 is 10.5 Å². The zero-order valence-electron chi connectivity index (χ0n) is 8.34. The number of hydrogen-bond donors (Lipinski definition) is 1. The Hall–Kier alpha value is -0.410. The Morgan fingerprint density at radius 1 is 1.38 bits per heavy atom.